The van der Waals surface area contributed by atoms with Crippen LogP contribution in [0.1, 0.15) is 0 Å². The molecule has 1 fully saturated rings. The first-order chi connectivity index (χ1) is 13.9. The summed E-state index contributed by atoms with van der Waals surface area (Å²) in [6, 6.07) is 5.93. The molecule has 0 N–H and O–H groups in total. The van der Waals surface area contributed by atoms with E-state index in [-0.39, 0.29) is 14.9 Å². The Kier molecular flexibility index (Phi) is 5.63. The highest BCUT2D eigenvalue weighted by atomic mass is 35.5. The Bertz CT molecular complexity index is 1170. The first kappa shape index (κ1) is 20.3. The third-order valence-corrected chi connectivity index (χ3v) is 8.02. The molecule has 3 aromatic rings. The lowest BCUT2D eigenvalue weighted by Crippen LogP contribution is -2.48. The molecule has 2 aromatic heterocycles. The lowest BCUT2D eigenvalue weighted by molar-refractivity contribution is 0.385. The van der Waals surface area contributed by atoms with Crippen LogP contribution in [0, 0.1) is 0 Å². The number of aromatic nitrogens is 3. The Morgan fingerprint density at radius 1 is 1.03 bits per heavy atom. The molecule has 0 radical (unpaired) electrons. The van der Waals surface area contributed by atoms with Crippen LogP contribution in [0.4, 0.5) is 5.13 Å². The third kappa shape index (κ3) is 3.90. The smallest absolute Gasteiger partial charge is 0.291 e. The zero-order valence-electron chi connectivity index (χ0n) is 14.9. The Labute approximate surface area is 181 Å². The lowest BCUT2D eigenvalue weighted by Gasteiger charge is -2.33. The van der Waals surface area contributed by atoms with Gasteiger partial charge in [0.1, 0.15) is 5.02 Å². The van der Waals surface area contributed by atoms with E-state index in [9.17, 15) is 13.2 Å². The third-order valence-electron chi connectivity index (χ3n) is 4.52. The monoisotopic (exact) mass is 471 g/mol. The highest BCUT2D eigenvalue weighted by molar-refractivity contribution is 7.89. The maximum atomic E-state index is 13.0. The van der Waals surface area contributed by atoms with Crippen LogP contribution in [0.15, 0.2) is 51.7 Å². The second-order valence-electron chi connectivity index (χ2n) is 6.22. The molecule has 1 aliphatic rings. The molecule has 3 heterocycles. The minimum absolute atomic E-state index is 0.0593. The van der Waals surface area contributed by atoms with Gasteiger partial charge in [-0.25, -0.2) is 13.4 Å². The fraction of sp³-hybridized carbons (Fsp3) is 0.235. The van der Waals surface area contributed by atoms with Crippen LogP contribution < -0.4 is 10.5 Å². The first-order valence-electron chi connectivity index (χ1n) is 8.56. The van der Waals surface area contributed by atoms with E-state index < -0.39 is 15.6 Å². The van der Waals surface area contributed by atoms with Crippen LogP contribution in [-0.4, -0.2) is 53.7 Å². The Balaban J connectivity index is 1.53. The molecule has 0 bridgehead atoms. The van der Waals surface area contributed by atoms with Crippen LogP contribution in [0.3, 0.4) is 0 Å². The average Bonchev–Trinajstić information content (AvgIpc) is 3.27. The molecule has 152 valence electrons. The van der Waals surface area contributed by atoms with E-state index in [1.54, 1.807) is 6.20 Å². The summed E-state index contributed by atoms with van der Waals surface area (Å²) in [7, 11) is -3.64. The summed E-state index contributed by atoms with van der Waals surface area (Å²) in [5.74, 6) is 0. The molecule has 0 atom stereocenters. The van der Waals surface area contributed by atoms with E-state index in [1.807, 2.05) is 5.38 Å². The summed E-state index contributed by atoms with van der Waals surface area (Å²) < 4.78 is 28.5. The summed E-state index contributed by atoms with van der Waals surface area (Å²) in [4.78, 5) is 18.7. The number of anilines is 1. The molecule has 0 saturated carbocycles. The molecular weight excluding hydrogens is 457 g/mol. The molecule has 4 rings (SSSR count). The average molecular weight is 472 g/mol. The van der Waals surface area contributed by atoms with E-state index in [1.165, 1.54) is 46.1 Å². The van der Waals surface area contributed by atoms with Crippen LogP contribution in [0.25, 0.3) is 5.69 Å². The Hall–Kier alpha value is -1.98. The summed E-state index contributed by atoms with van der Waals surface area (Å²) in [5, 5.41) is 6.65. The van der Waals surface area contributed by atoms with Gasteiger partial charge in [-0.1, -0.05) is 23.2 Å². The van der Waals surface area contributed by atoms with Gasteiger partial charge in [0.15, 0.2) is 5.13 Å². The highest BCUT2D eigenvalue weighted by Gasteiger charge is 2.29. The van der Waals surface area contributed by atoms with E-state index in [2.05, 4.69) is 15.0 Å². The summed E-state index contributed by atoms with van der Waals surface area (Å²) in [6.07, 6.45) is 3.00. The minimum atomic E-state index is -3.64. The highest BCUT2D eigenvalue weighted by Crippen LogP contribution is 2.23. The van der Waals surface area contributed by atoms with Crippen molar-refractivity contribution in [2.45, 2.75) is 4.90 Å². The second-order valence-corrected chi connectivity index (χ2v) is 9.82. The number of rotatable bonds is 4. The van der Waals surface area contributed by atoms with Crippen molar-refractivity contribution in [3.8, 4) is 5.69 Å². The fourth-order valence-electron chi connectivity index (χ4n) is 3.00. The molecule has 0 unspecified atom stereocenters. The molecule has 0 spiro atoms. The number of piperazine rings is 1. The van der Waals surface area contributed by atoms with Crippen molar-refractivity contribution in [1.29, 1.82) is 0 Å². The zero-order valence-corrected chi connectivity index (χ0v) is 18.0. The van der Waals surface area contributed by atoms with Gasteiger partial charge in [-0.05, 0) is 24.3 Å². The van der Waals surface area contributed by atoms with Crippen molar-refractivity contribution in [3.05, 3.63) is 62.4 Å². The van der Waals surface area contributed by atoms with Gasteiger partial charge in [0.05, 0.1) is 21.8 Å². The quantitative estimate of drug-likeness (QED) is 0.580. The van der Waals surface area contributed by atoms with Crippen molar-refractivity contribution in [1.82, 2.24) is 19.1 Å². The number of hydrogen-bond donors (Lipinski definition) is 0. The lowest BCUT2D eigenvalue weighted by atomic mass is 10.3. The number of sulfonamides is 1. The first-order valence-corrected chi connectivity index (χ1v) is 11.6. The van der Waals surface area contributed by atoms with Gasteiger partial charge < -0.3 is 4.90 Å². The molecule has 8 nitrogen and oxygen atoms in total. The van der Waals surface area contributed by atoms with Gasteiger partial charge in [0, 0.05) is 37.8 Å². The number of halogens is 2. The van der Waals surface area contributed by atoms with Gasteiger partial charge in [-0.15, -0.1) is 11.3 Å². The molecule has 29 heavy (non-hydrogen) atoms. The standard InChI is InChI=1S/C17H15Cl2N5O3S2/c18-14-11-21-24(16(25)15(14)19)12-1-3-13(4-2-12)29(26,27)23-8-6-22(7-9-23)17-20-5-10-28-17/h1-5,10-11H,6-9H2. The van der Waals surface area contributed by atoms with Gasteiger partial charge >= 0.3 is 0 Å². The van der Waals surface area contributed by atoms with Crippen molar-refractivity contribution < 1.29 is 8.42 Å². The van der Waals surface area contributed by atoms with Gasteiger partial charge in [0.25, 0.3) is 5.56 Å². The predicted octanol–water partition coefficient (Wildman–Crippen LogP) is 2.51. The van der Waals surface area contributed by atoms with Gasteiger partial charge in [-0.3, -0.25) is 4.79 Å². The van der Waals surface area contributed by atoms with Crippen molar-refractivity contribution in [3.63, 3.8) is 0 Å². The van der Waals surface area contributed by atoms with Crippen molar-refractivity contribution in [2.24, 2.45) is 0 Å². The van der Waals surface area contributed by atoms with Crippen molar-refractivity contribution >= 4 is 49.7 Å². The summed E-state index contributed by atoms with van der Waals surface area (Å²) in [5.41, 5.74) is -0.186. The normalized spacial score (nSPS) is 15.6. The maximum Gasteiger partial charge on any atom is 0.291 e. The number of hydrogen-bond acceptors (Lipinski definition) is 7. The minimum Gasteiger partial charge on any atom is -0.345 e. The molecule has 12 heteroatoms. The Morgan fingerprint density at radius 3 is 2.34 bits per heavy atom. The van der Waals surface area contributed by atoms with Crippen molar-refractivity contribution in [2.75, 3.05) is 31.1 Å². The van der Waals surface area contributed by atoms with Crippen LogP contribution in [0.5, 0.6) is 0 Å². The van der Waals surface area contributed by atoms with Gasteiger partial charge in [0.2, 0.25) is 10.0 Å². The van der Waals surface area contributed by atoms with E-state index in [0.717, 1.165) is 9.81 Å². The van der Waals surface area contributed by atoms with Crippen LogP contribution >= 0.6 is 34.5 Å². The maximum absolute atomic E-state index is 13.0. The van der Waals surface area contributed by atoms with E-state index in [0.29, 0.717) is 31.9 Å². The molecular formula is C17H15Cl2N5O3S2. The summed E-state index contributed by atoms with van der Waals surface area (Å²) >= 11 is 13.2. The van der Waals surface area contributed by atoms with E-state index >= 15 is 0 Å². The van der Waals surface area contributed by atoms with Crippen LogP contribution in [-0.2, 0) is 10.0 Å². The molecule has 1 saturated heterocycles. The second kappa shape index (κ2) is 8.04. The molecule has 0 aliphatic carbocycles. The topological polar surface area (TPSA) is 88.4 Å². The number of thiazole rings is 1. The fourth-order valence-corrected chi connectivity index (χ4v) is 5.37. The van der Waals surface area contributed by atoms with E-state index in [4.69, 9.17) is 23.2 Å². The van der Waals surface area contributed by atoms with Gasteiger partial charge in [-0.2, -0.15) is 14.1 Å². The predicted molar refractivity (Wildman–Crippen MR) is 113 cm³/mol. The molecule has 0 amide bonds. The Morgan fingerprint density at radius 2 is 1.72 bits per heavy atom. The SMILES string of the molecule is O=c1c(Cl)c(Cl)cnn1-c1ccc(S(=O)(=O)N2CCN(c3nccs3)CC2)cc1. The van der Waals surface area contributed by atoms with Crippen LogP contribution in [0.2, 0.25) is 10.0 Å². The zero-order chi connectivity index (χ0) is 20.6. The number of nitrogens with zero attached hydrogens (tertiary/aromatic N) is 5. The number of benzene rings is 1. The molecule has 1 aliphatic heterocycles. The largest absolute Gasteiger partial charge is 0.345 e. The summed E-state index contributed by atoms with van der Waals surface area (Å²) in [6.45, 7) is 1.90. The molecule has 1 aromatic carbocycles.